The zero-order chi connectivity index (χ0) is 15.3. The van der Waals surface area contributed by atoms with Crippen LogP contribution in [-0.2, 0) is 6.42 Å². The van der Waals surface area contributed by atoms with Crippen LogP contribution in [0, 0.1) is 23.2 Å². The molecule has 120 valence electrons. The van der Waals surface area contributed by atoms with Crippen molar-refractivity contribution in [2.45, 2.75) is 51.4 Å². The molecule has 0 aromatic heterocycles. The average Bonchev–Trinajstić information content (AvgIpc) is 2.90. The summed E-state index contributed by atoms with van der Waals surface area (Å²) in [5, 5.41) is 9.77. The summed E-state index contributed by atoms with van der Waals surface area (Å²) >= 11 is 0. The molecule has 5 atom stereocenters. The lowest BCUT2D eigenvalue weighted by atomic mass is 9.54. The first-order chi connectivity index (χ1) is 10.7. The largest absolute Gasteiger partial charge is 0.497 e. The van der Waals surface area contributed by atoms with E-state index >= 15 is 0 Å². The van der Waals surface area contributed by atoms with E-state index in [-0.39, 0.29) is 0 Å². The normalized spacial score (nSPS) is 39.8. The molecule has 0 amide bonds. The molecular weight excluding hydrogens is 272 g/mol. The predicted octanol–water partition coefficient (Wildman–Crippen LogP) is 4.16. The van der Waals surface area contributed by atoms with Gasteiger partial charge in [0.25, 0.3) is 0 Å². The highest BCUT2D eigenvalue weighted by Gasteiger charge is 2.54. The molecule has 0 unspecified atom stereocenters. The summed E-state index contributed by atoms with van der Waals surface area (Å²) in [4.78, 5) is 0. The van der Waals surface area contributed by atoms with E-state index in [1.54, 1.807) is 12.7 Å². The van der Waals surface area contributed by atoms with Crippen molar-refractivity contribution in [1.29, 1.82) is 0 Å². The van der Waals surface area contributed by atoms with Crippen molar-refractivity contribution in [1.82, 2.24) is 0 Å². The van der Waals surface area contributed by atoms with Crippen LogP contribution in [0.15, 0.2) is 18.2 Å². The Morgan fingerprint density at radius 3 is 2.86 bits per heavy atom. The molecule has 1 aromatic rings. The maximum atomic E-state index is 9.77. The Labute approximate surface area is 133 Å². The van der Waals surface area contributed by atoms with Crippen molar-refractivity contribution < 1.29 is 9.84 Å². The van der Waals surface area contributed by atoms with Crippen LogP contribution >= 0.6 is 0 Å². The van der Waals surface area contributed by atoms with Gasteiger partial charge in [0.2, 0.25) is 0 Å². The Kier molecular flexibility index (Phi) is 3.48. The molecule has 2 heteroatoms. The van der Waals surface area contributed by atoms with Crippen LogP contribution in [0.4, 0.5) is 0 Å². The van der Waals surface area contributed by atoms with E-state index in [2.05, 4.69) is 25.1 Å². The summed E-state index contributed by atoms with van der Waals surface area (Å²) in [5.74, 6) is 3.93. The third kappa shape index (κ3) is 1.96. The fraction of sp³-hybridized carbons (Fsp3) is 0.700. The highest BCUT2D eigenvalue weighted by atomic mass is 16.5. The van der Waals surface area contributed by atoms with Gasteiger partial charge in [0.05, 0.1) is 7.11 Å². The summed E-state index contributed by atoms with van der Waals surface area (Å²) < 4.78 is 5.40. The summed E-state index contributed by atoms with van der Waals surface area (Å²) in [5.41, 5.74) is 3.49. The minimum absolute atomic E-state index is 0.387. The Hall–Kier alpha value is -1.02. The second-order valence-electron chi connectivity index (χ2n) is 7.98. The predicted molar refractivity (Wildman–Crippen MR) is 88.2 cm³/mol. The number of aliphatic hydroxyl groups is 1. The second kappa shape index (κ2) is 5.26. The van der Waals surface area contributed by atoms with Crippen molar-refractivity contribution in [2.75, 3.05) is 13.7 Å². The van der Waals surface area contributed by atoms with Crippen LogP contribution in [0.5, 0.6) is 5.75 Å². The molecule has 0 spiro atoms. The van der Waals surface area contributed by atoms with Crippen molar-refractivity contribution in [2.24, 2.45) is 23.2 Å². The molecule has 0 aliphatic heterocycles. The van der Waals surface area contributed by atoms with E-state index in [9.17, 15) is 5.11 Å². The molecular formula is C20H28O2. The number of methoxy groups -OCH3 is 1. The van der Waals surface area contributed by atoms with Gasteiger partial charge < -0.3 is 9.84 Å². The van der Waals surface area contributed by atoms with Crippen LogP contribution < -0.4 is 4.74 Å². The molecule has 2 fully saturated rings. The smallest absolute Gasteiger partial charge is 0.119 e. The maximum absolute atomic E-state index is 9.77. The van der Waals surface area contributed by atoms with Crippen LogP contribution in [0.25, 0.3) is 0 Å². The Morgan fingerprint density at radius 2 is 2.09 bits per heavy atom. The lowest BCUT2D eigenvalue weighted by Crippen LogP contribution is -2.43. The molecule has 2 saturated carbocycles. The first kappa shape index (κ1) is 14.6. The van der Waals surface area contributed by atoms with E-state index < -0.39 is 0 Å². The van der Waals surface area contributed by atoms with Crippen LogP contribution in [-0.4, -0.2) is 18.8 Å². The molecule has 2 nitrogen and oxygen atoms in total. The monoisotopic (exact) mass is 300 g/mol. The minimum Gasteiger partial charge on any atom is -0.497 e. The third-order valence-electron chi connectivity index (χ3n) is 7.35. The van der Waals surface area contributed by atoms with Crippen LogP contribution in [0.1, 0.15) is 56.1 Å². The quantitative estimate of drug-likeness (QED) is 0.888. The number of rotatable bonds is 2. The van der Waals surface area contributed by atoms with E-state index in [1.165, 1.54) is 44.1 Å². The summed E-state index contributed by atoms with van der Waals surface area (Å²) in [6.07, 6.45) is 7.67. The molecule has 1 aromatic carbocycles. The van der Waals surface area contributed by atoms with Crippen molar-refractivity contribution in [3.63, 3.8) is 0 Å². The first-order valence-corrected chi connectivity index (χ1v) is 8.95. The number of aliphatic hydroxyl groups excluding tert-OH is 1. The lowest BCUT2D eigenvalue weighted by Gasteiger charge is -2.51. The summed E-state index contributed by atoms with van der Waals surface area (Å²) in [7, 11) is 1.76. The van der Waals surface area contributed by atoms with Gasteiger partial charge in [-0.2, -0.15) is 0 Å². The third-order valence-corrected chi connectivity index (χ3v) is 7.35. The van der Waals surface area contributed by atoms with E-state index in [0.717, 1.165) is 23.5 Å². The van der Waals surface area contributed by atoms with Gasteiger partial charge in [0.1, 0.15) is 5.75 Å². The van der Waals surface area contributed by atoms with Gasteiger partial charge in [-0.15, -0.1) is 0 Å². The second-order valence-corrected chi connectivity index (χ2v) is 7.98. The van der Waals surface area contributed by atoms with Gasteiger partial charge in [-0.1, -0.05) is 13.0 Å². The lowest BCUT2D eigenvalue weighted by molar-refractivity contribution is 0.00956. The molecule has 4 rings (SSSR count). The topological polar surface area (TPSA) is 29.5 Å². The maximum Gasteiger partial charge on any atom is 0.119 e. The zero-order valence-electron chi connectivity index (χ0n) is 13.8. The highest BCUT2D eigenvalue weighted by molar-refractivity contribution is 5.40. The molecule has 0 radical (unpaired) electrons. The van der Waals surface area contributed by atoms with Gasteiger partial charge in [-0.25, -0.2) is 0 Å². The minimum atomic E-state index is 0.387. The number of ether oxygens (including phenoxy) is 1. The summed E-state index contributed by atoms with van der Waals surface area (Å²) in [6.45, 7) is 2.85. The molecule has 3 aliphatic rings. The van der Waals surface area contributed by atoms with Crippen LogP contribution in [0.3, 0.4) is 0 Å². The molecule has 3 aliphatic carbocycles. The van der Waals surface area contributed by atoms with Gasteiger partial charge in [0, 0.05) is 6.61 Å². The number of hydrogen-bond acceptors (Lipinski definition) is 2. The van der Waals surface area contributed by atoms with Gasteiger partial charge in [-0.3, -0.25) is 0 Å². The standard InChI is InChI=1S/C20H28O2/c1-20-10-9-17-16-7-5-15(22-2)11-13(16)3-6-18(17)19(20)8-4-14(20)12-21/h5,7,11,14,17-19,21H,3-4,6,8-10,12H2,1-2H3/t14-,17-,18+,19+,20-/m1/s1. The van der Waals surface area contributed by atoms with Gasteiger partial charge in [-0.05, 0) is 90.9 Å². The van der Waals surface area contributed by atoms with E-state index in [0.29, 0.717) is 17.9 Å². The molecule has 22 heavy (non-hydrogen) atoms. The molecule has 1 N–H and O–H groups in total. The molecule has 0 bridgehead atoms. The van der Waals surface area contributed by atoms with Crippen molar-refractivity contribution in [3.05, 3.63) is 29.3 Å². The van der Waals surface area contributed by atoms with E-state index in [4.69, 9.17) is 4.74 Å². The van der Waals surface area contributed by atoms with Crippen LogP contribution in [0.2, 0.25) is 0 Å². The SMILES string of the molecule is COc1ccc2c(c1)CC[C@H]1[C@@H]2CC[C@]2(C)[C@@H](CO)CC[C@@H]12. The number of aryl methyl sites for hydroxylation is 1. The highest BCUT2D eigenvalue weighted by Crippen LogP contribution is 2.62. The summed E-state index contributed by atoms with van der Waals surface area (Å²) in [6, 6.07) is 6.72. The van der Waals surface area contributed by atoms with Gasteiger partial charge in [0.15, 0.2) is 0 Å². The Morgan fingerprint density at radius 1 is 1.23 bits per heavy atom. The first-order valence-electron chi connectivity index (χ1n) is 8.95. The fourth-order valence-corrected chi connectivity index (χ4v) is 6.09. The van der Waals surface area contributed by atoms with Crippen molar-refractivity contribution >= 4 is 0 Å². The molecule has 0 saturated heterocycles. The average molecular weight is 300 g/mol. The zero-order valence-corrected chi connectivity index (χ0v) is 13.8. The fourth-order valence-electron chi connectivity index (χ4n) is 6.09. The number of hydrogen-bond donors (Lipinski definition) is 1. The Balaban J connectivity index is 1.66. The number of benzene rings is 1. The number of fused-ring (bicyclic) bond motifs is 5. The van der Waals surface area contributed by atoms with E-state index in [1.807, 2.05) is 0 Å². The van der Waals surface area contributed by atoms with Crippen molar-refractivity contribution in [3.8, 4) is 5.75 Å². The Bertz CT molecular complexity index is 567. The van der Waals surface area contributed by atoms with Gasteiger partial charge >= 0.3 is 0 Å². The molecule has 0 heterocycles.